The summed E-state index contributed by atoms with van der Waals surface area (Å²) in [4.78, 5) is 108. The number of unbranched alkanes of at least 4 members (excludes halogenated alkanes) is 3. The molecule has 38 nitrogen and oxygen atoms in total. The molecule has 1 aromatic carbocycles. The molecular formula is C63H115N11O27. The lowest BCUT2D eigenvalue weighted by Gasteiger charge is -2.33. The van der Waals surface area contributed by atoms with Gasteiger partial charge in [0.15, 0.2) is 0 Å². The van der Waals surface area contributed by atoms with Crippen LogP contribution in [-0.2, 0) is 40.2 Å². The number of aliphatic hydroxyl groups is 18. The molecule has 0 saturated heterocycles. The van der Waals surface area contributed by atoms with Gasteiger partial charge in [-0.3, -0.25) is 38.6 Å². The van der Waals surface area contributed by atoms with Crippen LogP contribution in [0.2, 0.25) is 0 Å². The van der Waals surface area contributed by atoms with E-state index in [0.29, 0.717) is 11.3 Å². The first-order valence-electron chi connectivity index (χ1n) is 33.8. The molecule has 0 fully saturated rings. The predicted octanol–water partition coefficient (Wildman–Crippen LogP) is -10.1. The smallest absolute Gasteiger partial charge is 0.326 e. The third kappa shape index (κ3) is 36.3. The van der Waals surface area contributed by atoms with Crippen LogP contribution in [0.4, 0.5) is 10.5 Å². The molecule has 0 aliphatic carbocycles. The molecule has 1 aromatic rings. The maximum Gasteiger partial charge on any atom is 0.326 e. The Morgan fingerprint density at radius 3 is 1.26 bits per heavy atom. The van der Waals surface area contributed by atoms with Crippen molar-refractivity contribution in [1.29, 1.82) is 0 Å². The number of urea groups is 1. The Morgan fingerprint density at radius 1 is 0.436 bits per heavy atom. The number of aliphatic carboxylic acids is 1. The minimum atomic E-state index is -2.08. The maximum absolute atomic E-state index is 14.2. The number of nitrogens with two attached hydrogens (primary N) is 1. The van der Waals surface area contributed by atoms with Crippen LogP contribution in [0.25, 0.3) is 0 Å². The van der Waals surface area contributed by atoms with Gasteiger partial charge >= 0.3 is 12.0 Å². The number of primary amides is 1. The summed E-state index contributed by atoms with van der Waals surface area (Å²) in [5, 5.41) is 213. The van der Waals surface area contributed by atoms with Crippen LogP contribution in [0.3, 0.4) is 0 Å². The van der Waals surface area contributed by atoms with E-state index >= 15 is 0 Å². The largest absolute Gasteiger partial charge is 0.480 e. The minimum Gasteiger partial charge on any atom is -0.480 e. The summed E-state index contributed by atoms with van der Waals surface area (Å²) < 4.78 is 0. The Morgan fingerprint density at radius 2 is 0.822 bits per heavy atom. The summed E-state index contributed by atoms with van der Waals surface area (Å²) >= 11 is 0. The van der Waals surface area contributed by atoms with E-state index in [1.807, 2.05) is 0 Å². The zero-order valence-corrected chi connectivity index (χ0v) is 57.8. The van der Waals surface area contributed by atoms with Crippen molar-refractivity contribution in [2.75, 3.05) is 84.5 Å². The molecule has 19 atom stereocenters. The quantitative estimate of drug-likeness (QED) is 0.0269. The van der Waals surface area contributed by atoms with Crippen LogP contribution in [0, 0.1) is 5.92 Å². The zero-order valence-electron chi connectivity index (χ0n) is 57.8. The predicted molar refractivity (Wildman–Crippen MR) is 359 cm³/mol. The lowest BCUT2D eigenvalue weighted by atomic mass is 10.0. The van der Waals surface area contributed by atoms with E-state index in [1.165, 1.54) is 23.8 Å². The van der Waals surface area contributed by atoms with Gasteiger partial charge in [0.25, 0.3) is 0 Å². The summed E-state index contributed by atoms with van der Waals surface area (Å²) in [6.45, 7) is -0.441. The fourth-order valence-corrected chi connectivity index (χ4v) is 10.4. The lowest BCUT2D eigenvalue weighted by molar-refractivity contribution is -0.142. The van der Waals surface area contributed by atoms with Crippen LogP contribution in [-0.4, -0.2) is 349 Å². The Hall–Kier alpha value is -6.06. The standard InChI is InChI=1S/C63H115N11O27/c1-34(2)51(61(98)70-40(15-11-23-67-63(64)101)59(96)68-37-18-16-36(30-75)17-19-37)72-50(88)21-20-49(87)66-22-8-5-13-39(69-58(95)38(65-4)12-6-9-24-73(26-42(80)35(3)79)27-43(81)52(89)55(92)46(84)31-76)60(97)71-41(62(99)100)14-7-10-25-74(28-44(82)53(90)56(93)47(85)32-77)29-45(83)54(91)57(94)48(86)33-78/h16-19,34-35,38-48,51-57,65,75-86,89-94H,5-15,20-33H2,1-4H3,(H,66,87)(H,68,96)(H,69,95)(H,70,98)(H,71,97)(H,72,88)(H,99,100)(H3,64,67,101)/t35-,38-,39-,40-,41-,42-,43-,44-,45-,46+,47+,48+,51-,52+,53+,54+,55+,56+,57+/m0/s1. The van der Waals surface area contributed by atoms with Gasteiger partial charge in [-0.15, -0.1) is 0 Å². The van der Waals surface area contributed by atoms with Crippen LogP contribution in [0.15, 0.2) is 24.3 Å². The third-order valence-corrected chi connectivity index (χ3v) is 16.8. The SMILES string of the molecule is CN[C@@H](CCCCN(C[C@H](O)[C@@H](O)[C@H](O)[C@H](O)CO)C[C@H](O)[C@H](C)O)C(=O)N[C@@H](CCCCNC(=O)CCC(=O)N[C@H](C(=O)N[C@@H](CCCNC(N)=O)C(=O)Nc1ccc(CO)cc1)C(C)C)C(=O)N[C@@H](CCCCN(C[C@H](O)[C@@H](O)[C@H](O)[C@H](O)CO)C[C@H](O)[C@@H](O)[C@H](O)[C@H](O)CO)C(=O)O. The van der Waals surface area contributed by atoms with Crippen molar-refractivity contribution in [2.45, 2.75) is 227 Å². The fraction of sp³-hybridized carbons (Fsp3) is 0.778. The van der Waals surface area contributed by atoms with Gasteiger partial charge in [-0.1, -0.05) is 32.4 Å². The number of nitrogens with one attached hydrogen (secondary N) is 8. The second kappa shape index (κ2) is 50.4. The monoisotopic (exact) mass is 1460 g/mol. The molecule has 0 unspecified atom stereocenters. The fourth-order valence-electron chi connectivity index (χ4n) is 10.4. The number of rotatable bonds is 56. The number of carboxylic acid groups (broad SMARTS) is 1. The minimum absolute atomic E-state index is 0.00201. The number of amides is 8. The first kappa shape index (κ1) is 93.0. The van der Waals surface area contributed by atoms with Gasteiger partial charge in [-0.05, 0) is 115 Å². The molecule has 0 spiro atoms. The van der Waals surface area contributed by atoms with Crippen molar-refractivity contribution in [3.8, 4) is 0 Å². The molecule has 0 aromatic heterocycles. The van der Waals surface area contributed by atoms with E-state index in [-0.39, 0.29) is 129 Å². The first-order valence-corrected chi connectivity index (χ1v) is 33.8. The van der Waals surface area contributed by atoms with E-state index in [4.69, 9.17) is 5.73 Å². The van der Waals surface area contributed by atoms with E-state index in [1.54, 1.807) is 38.1 Å². The van der Waals surface area contributed by atoms with Gasteiger partial charge in [-0.2, -0.15) is 0 Å². The Kier molecular flexibility index (Phi) is 46.3. The van der Waals surface area contributed by atoms with E-state index in [9.17, 15) is 135 Å². The third-order valence-electron chi connectivity index (χ3n) is 16.8. The van der Waals surface area contributed by atoms with Gasteiger partial charge in [-0.25, -0.2) is 9.59 Å². The molecule has 0 aliphatic heterocycles. The number of carboxylic acids is 1. The normalized spacial score (nSPS) is 17.6. The van der Waals surface area contributed by atoms with Crippen LogP contribution in [0.1, 0.15) is 110 Å². The van der Waals surface area contributed by atoms with E-state index in [0.717, 1.165) is 0 Å². The molecule has 584 valence electrons. The van der Waals surface area contributed by atoms with Gasteiger partial charge < -0.3 is 145 Å². The highest BCUT2D eigenvalue weighted by Gasteiger charge is 2.37. The van der Waals surface area contributed by atoms with Crippen LogP contribution in [0.5, 0.6) is 0 Å². The maximum atomic E-state index is 14.2. The molecule has 0 saturated carbocycles. The van der Waals surface area contributed by atoms with E-state index < -0.39 is 202 Å². The second-order valence-corrected chi connectivity index (χ2v) is 25.5. The number of hydrogen-bond acceptors (Lipinski definition) is 29. The average Bonchev–Trinajstić information content (AvgIpc) is 0.888. The van der Waals surface area contributed by atoms with Gasteiger partial charge in [0.05, 0.1) is 63.0 Å². The van der Waals surface area contributed by atoms with Gasteiger partial charge in [0.1, 0.15) is 79.1 Å². The van der Waals surface area contributed by atoms with Gasteiger partial charge in [0, 0.05) is 57.8 Å². The number of carbonyl (C=O) groups excluding carboxylic acids is 7. The molecule has 0 bridgehead atoms. The zero-order chi connectivity index (χ0) is 76.6. The number of benzene rings is 1. The van der Waals surface area contributed by atoms with Crippen molar-refractivity contribution in [2.24, 2.45) is 11.7 Å². The van der Waals surface area contributed by atoms with Crippen molar-refractivity contribution in [3.05, 3.63) is 29.8 Å². The molecular weight excluding hydrogens is 1340 g/mol. The highest BCUT2D eigenvalue weighted by molar-refractivity contribution is 5.98. The molecule has 38 heteroatoms. The molecule has 29 N–H and O–H groups in total. The Balaban J connectivity index is 3.33. The molecule has 1 rings (SSSR count). The number of carbonyl (C=O) groups is 8. The molecule has 0 radical (unpaired) electrons. The summed E-state index contributed by atoms with van der Waals surface area (Å²) in [5.74, 6) is -6.33. The number of aliphatic hydroxyl groups excluding tert-OH is 18. The number of likely N-dealkylation sites (N-methyl/N-ethyl adjacent to an activating group) is 1. The molecule has 101 heavy (non-hydrogen) atoms. The average molecular weight is 1460 g/mol. The molecule has 0 heterocycles. The van der Waals surface area contributed by atoms with Crippen molar-refractivity contribution in [1.82, 2.24) is 47.0 Å². The second-order valence-electron chi connectivity index (χ2n) is 25.5. The number of nitrogens with zero attached hydrogens (tertiary/aromatic N) is 2. The van der Waals surface area contributed by atoms with Crippen LogP contribution < -0.4 is 48.3 Å². The van der Waals surface area contributed by atoms with Crippen molar-refractivity contribution in [3.63, 3.8) is 0 Å². The molecule has 8 amide bonds. The summed E-state index contributed by atoms with van der Waals surface area (Å²) in [6.07, 6.45) is -25.9. The lowest BCUT2D eigenvalue weighted by Crippen LogP contribution is -2.55. The van der Waals surface area contributed by atoms with Gasteiger partial charge in [0.2, 0.25) is 35.4 Å². The molecule has 0 aliphatic rings. The highest BCUT2D eigenvalue weighted by Crippen LogP contribution is 2.17. The Bertz CT molecular complexity index is 2530. The highest BCUT2D eigenvalue weighted by atomic mass is 16.4. The Labute approximate surface area is 586 Å². The number of hydrogen-bond donors (Lipinski definition) is 28. The number of anilines is 1. The van der Waals surface area contributed by atoms with E-state index in [2.05, 4.69) is 42.5 Å². The van der Waals surface area contributed by atoms with Crippen molar-refractivity contribution >= 4 is 53.1 Å². The summed E-state index contributed by atoms with van der Waals surface area (Å²) in [7, 11) is 1.45. The van der Waals surface area contributed by atoms with Crippen LogP contribution >= 0.6 is 0 Å². The summed E-state index contributed by atoms with van der Waals surface area (Å²) in [6, 6.07) is -0.909. The first-order chi connectivity index (χ1) is 47.6. The topological polar surface area (TPSA) is 650 Å². The van der Waals surface area contributed by atoms with Crippen molar-refractivity contribution < 1.29 is 135 Å². The summed E-state index contributed by atoms with van der Waals surface area (Å²) in [5.41, 5.74) is 6.12.